The average Bonchev–Trinajstić information content (AvgIpc) is 1.98. The van der Waals surface area contributed by atoms with Crippen molar-refractivity contribution >= 4 is 0 Å². The molecule has 0 unspecified atom stereocenters. The molecule has 4 heteroatoms. The molecule has 0 aromatic heterocycles. The fourth-order valence-electron chi connectivity index (χ4n) is 0.891. The standard InChI is InChI=1S/C8H11NO2.Rh/c9-4-3-6-1-2-7(10)8(11)5-6;/h1-2,5,10-11H,3-4,9H2;. The Kier molecular flexibility index (Phi) is 4.87. The van der Waals surface area contributed by atoms with Crippen LogP contribution in [0.15, 0.2) is 18.2 Å². The molecular formula is C8H11NO2Rh. The van der Waals surface area contributed by atoms with E-state index >= 15 is 0 Å². The fourth-order valence-corrected chi connectivity index (χ4v) is 0.891. The Labute approximate surface area is 84.0 Å². The number of hydrogen-bond acceptors (Lipinski definition) is 3. The van der Waals surface area contributed by atoms with E-state index in [4.69, 9.17) is 15.9 Å². The molecule has 1 aromatic rings. The molecule has 0 saturated carbocycles. The SMILES string of the molecule is NCCc1ccc(O)c(O)c1.[Rh]. The van der Waals surface area contributed by atoms with E-state index in [-0.39, 0.29) is 31.0 Å². The van der Waals surface area contributed by atoms with Crippen LogP contribution in [0.3, 0.4) is 0 Å². The second kappa shape index (κ2) is 5.12. The zero-order valence-corrected chi connectivity index (χ0v) is 8.09. The van der Waals surface area contributed by atoms with Crippen molar-refractivity contribution in [2.75, 3.05) is 6.54 Å². The van der Waals surface area contributed by atoms with Crippen molar-refractivity contribution in [3.8, 4) is 11.5 Å². The van der Waals surface area contributed by atoms with Crippen molar-refractivity contribution in [1.29, 1.82) is 0 Å². The zero-order chi connectivity index (χ0) is 8.27. The van der Waals surface area contributed by atoms with E-state index in [0.29, 0.717) is 13.0 Å². The molecule has 69 valence electrons. The number of benzene rings is 1. The van der Waals surface area contributed by atoms with Gasteiger partial charge in [-0.1, -0.05) is 6.07 Å². The van der Waals surface area contributed by atoms with Crippen molar-refractivity contribution in [2.24, 2.45) is 5.73 Å². The van der Waals surface area contributed by atoms with Crippen LogP contribution < -0.4 is 5.73 Å². The molecule has 4 N–H and O–H groups in total. The summed E-state index contributed by atoms with van der Waals surface area (Å²) in [7, 11) is 0. The second-order valence-corrected chi connectivity index (χ2v) is 2.36. The van der Waals surface area contributed by atoms with Crippen molar-refractivity contribution in [2.45, 2.75) is 6.42 Å². The summed E-state index contributed by atoms with van der Waals surface area (Å²) >= 11 is 0. The minimum Gasteiger partial charge on any atom is -0.504 e. The smallest absolute Gasteiger partial charge is 0.157 e. The molecule has 0 fully saturated rings. The van der Waals surface area contributed by atoms with Crippen LogP contribution in [0.4, 0.5) is 0 Å². The van der Waals surface area contributed by atoms with Crippen molar-refractivity contribution in [3.63, 3.8) is 0 Å². The molecule has 0 aliphatic carbocycles. The van der Waals surface area contributed by atoms with Crippen LogP contribution in [0.2, 0.25) is 0 Å². The Morgan fingerprint density at radius 1 is 1.17 bits per heavy atom. The maximum absolute atomic E-state index is 9.04. The van der Waals surface area contributed by atoms with Gasteiger partial charge >= 0.3 is 0 Å². The van der Waals surface area contributed by atoms with Gasteiger partial charge < -0.3 is 15.9 Å². The first-order valence-electron chi connectivity index (χ1n) is 3.45. The average molecular weight is 256 g/mol. The van der Waals surface area contributed by atoms with E-state index in [9.17, 15) is 0 Å². The summed E-state index contributed by atoms with van der Waals surface area (Å²) in [5, 5.41) is 18.0. The van der Waals surface area contributed by atoms with E-state index in [1.165, 1.54) is 12.1 Å². The van der Waals surface area contributed by atoms with Crippen LogP contribution in [0.25, 0.3) is 0 Å². The van der Waals surface area contributed by atoms with Crippen molar-refractivity contribution in [3.05, 3.63) is 23.8 Å². The predicted octanol–water partition coefficient (Wildman–Crippen LogP) is 0.596. The van der Waals surface area contributed by atoms with E-state index in [1.54, 1.807) is 6.07 Å². The molecule has 12 heavy (non-hydrogen) atoms. The molecule has 1 rings (SSSR count). The second-order valence-electron chi connectivity index (χ2n) is 2.36. The van der Waals surface area contributed by atoms with E-state index in [2.05, 4.69) is 0 Å². The molecule has 0 aliphatic heterocycles. The first-order chi connectivity index (χ1) is 5.24. The van der Waals surface area contributed by atoms with Gasteiger partial charge in [0.25, 0.3) is 0 Å². The summed E-state index contributed by atoms with van der Waals surface area (Å²) in [6, 6.07) is 4.71. The van der Waals surface area contributed by atoms with E-state index < -0.39 is 0 Å². The molecular weight excluding hydrogens is 245 g/mol. The number of phenols is 2. The normalized spacial score (nSPS) is 9.08. The van der Waals surface area contributed by atoms with Crippen LogP contribution in [0, 0.1) is 0 Å². The summed E-state index contributed by atoms with van der Waals surface area (Å²) in [5.74, 6) is -0.179. The Hall–Kier alpha value is -0.597. The molecule has 3 nitrogen and oxygen atoms in total. The third kappa shape index (κ3) is 2.80. The zero-order valence-electron chi connectivity index (χ0n) is 6.45. The van der Waals surface area contributed by atoms with E-state index in [1.807, 2.05) is 0 Å². The first kappa shape index (κ1) is 11.4. The molecule has 0 aliphatic rings. The van der Waals surface area contributed by atoms with Crippen molar-refractivity contribution in [1.82, 2.24) is 0 Å². The molecule has 0 spiro atoms. The van der Waals surface area contributed by atoms with Crippen LogP contribution in [-0.4, -0.2) is 16.8 Å². The summed E-state index contributed by atoms with van der Waals surface area (Å²) < 4.78 is 0. The van der Waals surface area contributed by atoms with Gasteiger partial charge in [-0.05, 0) is 30.7 Å². The topological polar surface area (TPSA) is 66.5 Å². The quantitative estimate of drug-likeness (QED) is 0.536. The Morgan fingerprint density at radius 2 is 1.83 bits per heavy atom. The van der Waals surface area contributed by atoms with Gasteiger partial charge in [-0.25, -0.2) is 0 Å². The van der Waals surface area contributed by atoms with Gasteiger partial charge in [-0.3, -0.25) is 0 Å². The van der Waals surface area contributed by atoms with Gasteiger partial charge in [-0.2, -0.15) is 0 Å². The fraction of sp³-hybridized carbons (Fsp3) is 0.250. The van der Waals surface area contributed by atoms with Crippen LogP contribution in [0.5, 0.6) is 11.5 Å². The monoisotopic (exact) mass is 256 g/mol. The van der Waals surface area contributed by atoms with Crippen LogP contribution in [-0.2, 0) is 25.9 Å². The number of phenolic OH excluding ortho intramolecular Hbond substituents is 2. The molecule has 1 aromatic carbocycles. The van der Waals surface area contributed by atoms with Gasteiger partial charge in [-0.15, -0.1) is 0 Å². The summed E-state index contributed by atoms with van der Waals surface area (Å²) in [6.07, 6.45) is 0.716. The minimum atomic E-state index is -0.0919. The summed E-state index contributed by atoms with van der Waals surface area (Å²) in [4.78, 5) is 0. The predicted molar refractivity (Wildman–Crippen MR) is 42.5 cm³/mol. The molecule has 0 bridgehead atoms. The Bertz CT molecular complexity index is 253. The van der Waals surface area contributed by atoms with Gasteiger partial charge in [0.2, 0.25) is 0 Å². The number of nitrogens with two attached hydrogens (primary N) is 1. The Morgan fingerprint density at radius 3 is 2.33 bits per heavy atom. The first-order valence-corrected chi connectivity index (χ1v) is 3.45. The van der Waals surface area contributed by atoms with Gasteiger partial charge in [0.05, 0.1) is 0 Å². The molecule has 0 atom stereocenters. The minimum absolute atomic E-state index is 0. The molecule has 0 amide bonds. The van der Waals surface area contributed by atoms with Gasteiger partial charge in [0, 0.05) is 19.5 Å². The van der Waals surface area contributed by atoms with Crippen molar-refractivity contribution < 1.29 is 29.7 Å². The summed E-state index contributed by atoms with van der Waals surface area (Å²) in [6.45, 7) is 0.546. The number of aromatic hydroxyl groups is 2. The largest absolute Gasteiger partial charge is 0.504 e. The molecule has 0 heterocycles. The molecule has 0 saturated heterocycles. The Balaban J connectivity index is 0.00000121. The van der Waals surface area contributed by atoms with Gasteiger partial charge in [0.1, 0.15) is 0 Å². The maximum atomic E-state index is 9.04. The molecule has 1 radical (unpaired) electrons. The third-order valence-electron chi connectivity index (χ3n) is 1.47. The number of rotatable bonds is 2. The van der Waals surface area contributed by atoms with E-state index in [0.717, 1.165) is 5.56 Å². The van der Waals surface area contributed by atoms with Gasteiger partial charge in [0.15, 0.2) is 11.5 Å². The summed E-state index contributed by atoms with van der Waals surface area (Å²) in [5.41, 5.74) is 6.24. The third-order valence-corrected chi connectivity index (χ3v) is 1.47. The van der Waals surface area contributed by atoms with Crippen LogP contribution >= 0.6 is 0 Å². The maximum Gasteiger partial charge on any atom is 0.157 e. The van der Waals surface area contributed by atoms with Crippen LogP contribution in [0.1, 0.15) is 5.56 Å². The number of hydrogen-bond donors (Lipinski definition) is 3.